The van der Waals surface area contributed by atoms with Gasteiger partial charge < -0.3 is 18.9 Å². The maximum atomic E-state index is 8.81. The standard InChI is InChI=1S/C21H12ClN3O.C15H7Cl2N3O.C6H7BO2.CH4/c22-21-24-19(13-6-2-1-3-7-13)23-20(25-21)14-10-11-16-15-8-4-5-9-17(15)26-18(16)12-14;16-14-18-13(19-15(17)20-14)8-5-6-10-9-3-1-2-4-11(9)21-12(10)7-8;8-7(9)6-4-2-1-3-5-6;/h1-12H;1-7H;1-5,8-9H;1H4/i1D,2D,3D,6D,7D;;1D,2D,3D,4D,5D;. The Morgan fingerprint density at radius 2 is 0.860 bits per heavy atom. The average molecular weight is 822 g/mol. The molecule has 57 heavy (non-hydrogen) atoms. The van der Waals surface area contributed by atoms with Crippen molar-refractivity contribution in [3.8, 4) is 34.2 Å². The Balaban J connectivity index is 0.000000160. The predicted octanol–water partition coefficient (Wildman–Crippen LogP) is 10.5. The molecular weight excluding hydrogens is 782 g/mol. The second kappa shape index (κ2) is 17.3. The van der Waals surface area contributed by atoms with Crippen LogP contribution in [0.15, 0.2) is 154 Å². The first-order valence-electron chi connectivity index (χ1n) is 21.3. The number of benzene rings is 6. The summed E-state index contributed by atoms with van der Waals surface area (Å²) in [5, 5.41) is 21.6. The zero-order valence-corrected chi connectivity index (χ0v) is 30.5. The van der Waals surface area contributed by atoms with E-state index >= 15 is 0 Å². The first-order chi connectivity index (χ1) is 31.4. The van der Waals surface area contributed by atoms with E-state index in [1.54, 1.807) is 6.07 Å². The molecule has 0 bridgehead atoms. The van der Waals surface area contributed by atoms with Crippen molar-refractivity contribution in [2.75, 3.05) is 0 Å². The molecule has 0 fully saturated rings. The van der Waals surface area contributed by atoms with Crippen molar-refractivity contribution in [1.82, 2.24) is 29.9 Å². The van der Waals surface area contributed by atoms with Gasteiger partial charge in [0, 0.05) is 38.2 Å². The first-order valence-corrected chi connectivity index (χ1v) is 17.4. The summed E-state index contributed by atoms with van der Waals surface area (Å²) in [7, 11) is -2.07. The quantitative estimate of drug-likeness (QED) is 0.165. The van der Waals surface area contributed by atoms with Gasteiger partial charge in [0.15, 0.2) is 17.5 Å². The SMILES string of the molecule is C.Clc1nc(Cl)nc(-c2ccc3c(c2)oc2ccccc23)n1.[2H]c1c([2H])c([2H])c(-c2nc(Cl)nc(-c3ccc4c(c3)oc3ccccc34)n2)c([2H])c1[2H].[2H]c1c([2H])c([2H])c(B(O)O)c([2H])c1[2H]. The molecule has 0 amide bonds. The van der Waals surface area contributed by atoms with Gasteiger partial charge in [-0.15, -0.1) is 0 Å². The van der Waals surface area contributed by atoms with Crippen LogP contribution in [0.25, 0.3) is 78.0 Å². The van der Waals surface area contributed by atoms with E-state index in [1.807, 2.05) is 78.9 Å². The number of fused-ring (bicyclic) bond motifs is 6. The lowest BCUT2D eigenvalue weighted by atomic mass is 9.81. The third kappa shape index (κ3) is 8.78. The summed E-state index contributed by atoms with van der Waals surface area (Å²) in [4.78, 5) is 24.4. The van der Waals surface area contributed by atoms with Crippen LogP contribution in [0.2, 0.25) is 15.9 Å². The van der Waals surface area contributed by atoms with Gasteiger partial charge in [0.25, 0.3) is 0 Å². The van der Waals surface area contributed by atoms with Crippen LogP contribution in [-0.2, 0) is 0 Å². The Labute approximate surface area is 355 Å². The minimum Gasteiger partial charge on any atom is -0.456 e. The van der Waals surface area contributed by atoms with Crippen molar-refractivity contribution < 1.29 is 32.6 Å². The smallest absolute Gasteiger partial charge is 0.456 e. The molecule has 0 spiro atoms. The first kappa shape index (κ1) is 28.2. The molecule has 280 valence electrons. The van der Waals surface area contributed by atoms with Gasteiger partial charge in [-0.1, -0.05) is 116 Å². The molecule has 4 heterocycles. The zero-order valence-electron chi connectivity index (χ0n) is 38.2. The summed E-state index contributed by atoms with van der Waals surface area (Å²) in [6.45, 7) is 0. The summed E-state index contributed by atoms with van der Waals surface area (Å²) in [6.07, 6.45) is 0. The minimum atomic E-state index is -2.07. The Morgan fingerprint density at radius 1 is 0.456 bits per heavy atom. The molecule has 0 saturated heterocycles. The highest BCUT2D eigenvalue weighted by Gasteiger charge is 2.14. The molecule has 14 heteroatoms. The van der Waals surface area contributed by atoms with Gasteiger partial charge in [-0.3, -0.25) is 0 Å². The summed E-state index contributed by atoms with van der Waals surface area (Å²) < 4.78 is 87.7. The molecule has 10 nitrogen and oxygen atoms in total. The fourth-order valence-corrected chi connectivity index (χ4v) is 6.05. The maximum Gasteiger partial charge on any atom is 0.488 e. The van der Waals surface area contributed by atoms with Crippen LogP contribution in [0, 0.1) is 0 Å². The van der Waals surface area contributed by atoms with E-state index < -0.39 is 73.0 Å². The Hall–Kier alpha value is -6.21. The molecule has 4 aromatic heterocycles. The van der Waals surface area contributed by atoms with Gasteiger partial charge in [-0.05, 0) is 76.7 Å². The summed E-state index contributed by atoms with van der Waals surface area (Å²) in [5.41, 5.74) is 3.72. The number of rotatable bonds is 4. The van der Waals surface area contributed by atoms with Crippen molar-refractivity contribution in [2.45, 2.75) is 7.43 Å². The summed E-state index contributed by atoms with van der Waals surface area (Å²) in [6, 6.07) is 21.6. The molecule has 0 saturated carbocycles. The number of hydrogen-bond donors (Lipinski definition) is 2. The van der Waals surface area contributed by atoms with E-state index in [-0.39, 0.29) is 40.5 Å². The van der Waals surface area contributed by atoms with Crippen molar-refractivity contribution in [3.05, 3.63) is 161 Å². The van der Waals surface area contributed by atoms with E-state index in [4.69, 9.17) is 67.4 Å². The average Bonchev–Trinajstić information content (AvgIpc) is 3.86. The Morgan fingerprint density at radius 3 is 1.35 bits per heavy atom. The topological polar surface area (TPSA) is 144 Å². The van der Waals surface area contributed by atoms with Gasteiger partial charge in [-0.25, -0.2) is 4.98 Å². The normalized spacial score (nSPS) is 13.2. The van der Waals surface area contributed by atoms with Gasteiger partial charge in [-0.2, -0.15) is 24.9 Å². The fourth-order valence-electron chi connectivity index (χ4n) is 5.53. The van der Waals surface area contributed by atoms with Crippen LogP contribution in [0.5, 0.6) is 0 Å². The van der Waals surface area contributed by atoms with Crippen molar-refractivity contribution in [1.29, 1.82) is 0 Å². The third-order valence-electron chi connectivity index (χ3n) is 7.96. The van der Waals surface area contributed by atoms with E-state index in [2.05, 4.69) is 29.9 Å². The van der Waals surface area contributed by atoms with Crippen molar-refractivity contribution in [3.63, 3.8) is 0 Å². The molecule has 0 radical (unpaired) electrons. The molecular formula is C43H30BCl3N6O4. The van der Waals surface area contributed by atoms with Crippen molar-refractivity contribution >= 4 is 91.3 Å². The Kier molecular flexibility index (Phi) is 8.57. The van der Waals surface area contributed by atoms with Crippen LogP contribution >= 0.6 is 34.8 Å². The minimum absolute atomic E-state index is 0. The van der Waals surface area contributed by atoms with Gasteiger partial charge in [0.2, 0.25) is 15.9 Å². The zero-order chi connectivity index (χ0) is 47.3. The van der Waals surface area contributed by atoms with Crippen LogP contribution in [0.3, 0.4) is 0 Å². The molecule has 2 N–H and O–H groups in total. The van der Waals surface area contributed by atoms with Crippen LogP contribution in [0.1, 0.15) is 21.1 Å². The second-order valence-corrected chi connectivity index (χ2v) is 12.5. The van der Waals surface area contributed by atoms with Gasteiger partial charge >= 0.3 is 7.12 Å². The van der Waals surface area contributed by atoms with E-state index in [0.29, 0.717) is 17.0 Å². The molecule has 0 atom stereocenters. The lowest BCUT2D eigenvalue weighted by Gasteiger charge is -2.04. The third-order valence-corrected chi connectivity index (χ3v) is 8.47. The largest absolute Gasteiger partial charge is 0.488 e. The van der Waals surface area contributed by atoms with Crippen LogP contribution < -0.4 is 5.46 Å². The number of para-hydroxylation sites is 2. The summed E-state index contributed by atoms with van der Waals surface area (Å²) >= 11 is 17.7. The van der Waals surface area contributed by atoms with Crippen LogP contribution in [-0.4, -0.2) is 47.1 Å². The number of furan rings is 2. The van der Waals surface area contributed by atoms with E-state index in [9.17, 15) is 0 Å². The Bertz CT molecular complexity index is 3490. The molecule has 0 aliphatic heterocycles. The highest BCUT2D eigenvalue weighted by molar-refractivity contribution is 6.58. The second-order valence-electron chi connectivity index (χ2n) is 11.5. The fraction of sp³-hybridized carbons (Fsp3) is 0.0233. The lowest BCUT2D eigenvalue weighted by Crippen LogP contribution is -2.29. The summed E-state index contributed by atoms with van der Waals surface area (Å²) in [5.74, 6) is 0.517. The molecule has 10 aromatic rings. The number of hydrogen-bond acceptors (Lipinski definition) is 10. The predicted molar refractivity (Wildman–Crippen MR) is 229 cm³/mol. The highest BCUT2D eigenvalue weighted by Crippen LogP contribution is 2.33. The maximum absolute atomic E-state index is 8.81. The highest BCUT2D eigenvalue weighted by atomic mass is 35.5. The van der Waals surface area contributed by atoms with Gasteiger partial charge in [0.1, 0.15) is 22.3 Å². The molecule has 0 aliphatic rings. The molecule has 6 aromatic carbocycles. The molecule has 0 unspecified atom stereocenters. The van der Waals surface area contributed by atoms with Gasteiger partial charge in [0.05, 0.1) is 13.7 Å². The number of nitrogens with zero attached hydrogens (tertiary/aromatic N) is 6. The molecule has 0 aliphatic carbocycles. The molecule has 10 rings (SSSR count). The number of halogens is 3. The van der Waals surface area contributed by atoms with Crippen LogP contribution in [0.4, 0.5) is 0 Å². The van der Waals surface area contributed by atoms with E-state index in [0.717, 1.165) is 43.9 Å². The monoisotopic (exact) mass is 820 g/mol. The lowest BCUT2D eigenvalue weighted by molar-refractivity contribution is 0.426. The van der Waals surface area contributed by atoms with Crippen molar-refractivity contribution in [2.24, 2.45) is 0 Å². The van der Waals surface area contributed by atoms with E-state index in [1.165, 1.54) is 0 Å². The number of aromatic nitrogens is 6.